The van der Waals surface area contributed by atoms with Crippen LogP contribution in [0.4, 0.5) is 0 Å². The van der Waals surface area contributed by atoms with Gasteiger partial charge < -0.3 is 15.2 Å². The predicted octanol–water partition coefficient (Wildman–Crippen LogP) is 9.45. The maximum atomic E-state index is 12.5. The summed E-state index contributed by atoms with van der Waals surface area (Å²) in [4.78, 5) is 34.7. The summed E-state index contributed by atoms with van der Waals surface area (Å²) in [6.45, 7) is 4.16. The lowest BCUT2D eigenvalue weighted by atomic mass is 10.0. The molecule has 0 heterocycles. The van der Waals surface area contributed by atoms with Crippen molar-refractivity contribution in [3.8, 4) is 0 Å². The first kappa shape index (κ1) is 38.1. The van der Waals surface area contributed by atoms with Gasteiger partial charge in [-0.15, -0.1) is 0 Å². The maximum Gasteiger partial charge on any atom is 0.322 e. The summed E-state index contributed by atoms with van der Waals surface area (Å²) in [5, 5.41) is 11.0. The molecule has 0 bridgehead atoms. The molecule has 234 valence electrons. The van der Waals surface area contributed by atoms with Crippen molar-refractivity contribution in [2.75, 3.05) is 6.54 Å². The van der Waals surface area contributed by atoms with Gasteiger partial charge in [-0.25, -0.2) is 0 Å². The van der Waals surface area contributed by atoms with E-state index in [4.69, 9.17) is 9.84 Å². The zero-order valence-corrected chi connectivity index (χ0v) is 26.2. The van der Waals surface area contributed by atoms with Crippen LogP contribution in [0.1, 0.15) is 174 Å². The van der Waals surface area contributed by atoms with Crippen LogP contribution >= 0.6 is 0 Å². The number of amides is 1. The summed E-state index contributed by atoms with van der Waals surface area (Å²) in [6.07, 6.45) is 32.0. The first-order valence-corrected chi connectivity index (χ1v) is 16.8. The molecule has 0 fully saturated rings. The molecular formula is C34H63NO5. The summed E-state index contributed by atoms with van der Waals surface area (Å²) in [6, 6.07) is 0. The second kappa shape index (κ2) is 30.1. The molecule has 40 heavy (non-hydrogen) atoms. The highest BCUT2D eigenvalue weighted by Gasteiger charge is 2.12. The van der Waals surface area contributed by atoms with Crippen LogP contribution in [-0.2, 0) is 19.1 Å². The number of allylic oxidation sites excluding steroid dienone is 1. The SMILES string of the molecule is CCCCCCC/C=C\C(CCCCCCC(=O)NCC(=O)O)OC(=O)CCCCCCCCCCCCCC. The molecule has 1 amide bonds. The van der Waals surface area contributed by atoms with Crippen LogP contribution < -0.4 is 5.32 Å². The van der Waals surface area contributed by atoms with E-state index in [9.17, 15) is 14.4 Å². The number of ether oxygens (including phenoxy) is 1. The fourth-order valence-electron chi connectivity index (χ4n) is 4.89. The Hall–Kier alpha value is -1.85. The van der Waals surface area contributed by atoms with Crippen LogP contribution in [0.25, 0.3) is 0 Å². The van der Waals surface area contributed by atoms with Gasteiger partial charge in [-0.2, -0.15) is 0 Å². The summed E-state index contributed by atoms with van der Waals surface area (Å²) < 4.78 is 5.85. The zero-order chi connectivity index (χ0) is 29.5. The van der Waals surface area contributed by atoms with Crippen molar-refractivity contribution >= 4 is 17.8 Å². The fraction of sp³-hybridized carbons (Fsp3) is 0.853. The quantitative estimate of drug-likeness (QED) is 0.0514. The molecule has 6 nitrogen and oxygen atoms in total. The monoisotopic (exact) mass is 565 g/mol. The predicted molar refractivity (Wildman–Crippen MR) is 166 cm³/mol. The van der Waals surface area contributed by atoms with E-state index in [1.807, 2.05) is 0 Å². The number of aliphatic carboxylic acids is 1. The van der Waals surface area contributed by atoms with Gasteiger partial charge in [0.1, 0.15) is 12.6 Å². The lowest BCUT2D eigenvalue weighted by Crippen LogP contribution is -2.28. The molecule has 0 aliphatic heterocycles. The Morgan fingerprint density at radius 2 is 1.12 bits per heavy atom. The molecule has 6 heteroatoms. The van der Waals surface area contributed by atoms with Crippen molar-refractivity contribution < 1.29 is 24.2 Å². The highest BCUT2D eigenvalue weighted by atomic mass is 16.5. The van der Waals surface area contributed by atoms with Crippen molar-refractivity contribution in [1.82, 2.24) is 5.32 Å². The number of rotatable bonds is 30. The van der Waals surface area contributed by atoms with Crippen LogP contribution in [0, 0.1) is 0 Å². The van der Waals surface area contributed by atoms with Crippen molar-refractivity contribution in [1.29, 1.82) is 0 Å². The third kappa shape index (κ3) is 29.1. The van der Waals surface area contributed by atoms with E-state index in [0.29, 0.717) is 12.8 Å². The molecule has 2 N–H and O–H groups in total. The van der Waals surface area contributed by atoms with E-state index < -0.39 is 5.97 Å². The molecule has 0 aromatic rings. The van der Waals surface area contributed by atoms with E-state index in [1.54, 1.807) is 0 Å². The molecule has 0 saturated heterocycles. The molecule has 0 saturated carbocycles. The highest BCUT2D eigenvalue weighted by Crippen LogP contribution is 2.15. The number of carboxylic acid groups (broad SMARTS) is 1. The minimum atomic E-state index is -1.03. The molecule has 0 aromatic heterocycles. The third-order valence-electron chi connectivity index (χ3n) is 7.42. The van der Waals surface area contributed by atoms with Gasteiger partial charge in [0.2, 0.25) is 5.91 Å². The van der Waals surface area contributed by atoms with Crippen LogP contribution in [-0.4, -0.2) is 35.6 Å². The van der Waals surface area contributed by atoms with E-state index in [0.717, 1.165) is 51.4 Å². The average Bonchev–Trinajstić information content (AvgIpc) is 2.93. The Kier molecular flexibility index (Phi) is 28.7. The van der Waals surface area contributed by atoms with Crippen molar-refractivity contribution in [3.05, 3.63) is 12.2 Å². The van der Waals surface area contributed by atoms with Crippen molar-refractivity contribution in [2.45, 2.75) is 180 Å². The average molecular weight is 566 g/mol. The van der Waals surface area contributed by atoms with Gasteiger partial charge in [0.05, 0.1) is 0 Å². The number of esters is 1. The Morgan fingerprint density at radius 1 is 0.650 bits per heavy atom. The fourth-order valence-corrected chi connectivity index (χ4v) is 4.89. The van der Waals surface area contributed by atoms with Gasteiger partial charge in [0.15, 0.2) is 0 Å². The molecule has 0 aromatic carbocycles. The number of carbonyl (C=O) groups excluding carboxylic acids is 2. The smallest absolute Gasteiger partial charge is 0.322 e. The van der Waals surface area contributed by atoms with Crippen molar-refractivity contribution in [2.24, 2.45) is 0 Å². The van der Waals surface area contributed by atoms with Crippen LogP contribution in [0.5, 0.6) is 0 Å². The second-order valence-corrected chi connectivity index (χ2v) is 11.4. The van der Waals surface area contributed by atoms with E-state index in [1.165, 1.54) is 96.3 Å². The number of hydrogen-bond donors (Lipinski definition) is 2. The third-order valence-corrected chi connectivity index (χ3v) is 7.42. The van der Waals surface area contributed by atoms with Gasteiger partial charge in [-0.3, -0.25) is 14.4 Å². The molecule has 1 unspecified atom stereocenters. The lowest BCUT2D eigenvalue weighted by molar-refractivity contribution is -0.147. The first-order chi connectivity index (χ1) is 19.5. The van der Waals surface area contributed by atoms with Gasteiger partial charge >= 0.3 is 11.9 Å². The normalized spacial score (nSPS) is 12.1. The van der Waals surface area contributed by atoms with Gasteiger partial charge in [0, 0.05) is 12.8 Å². The zero-order valence-electron chi connectivity index (χ0n) is 26.2. The Morgan fingerprint density at radius 3 is 1.68 bits per heavy atom. The van der Waals surface area contributed by atoms with Crippen LogP contribution in [0.15, 0.2) is 12.2 Å². The lowest BCUT2D eigenvalue weighted by Gasteiger charge is -2.15. The molecule has 1 atom stereocenters. The number of carbonyl (C=O) groups is 3. The second-order valence-electron chi connectivity index (χ2n) is 11.4. The Labute approximate surface area is 246 Å². The van der Waals surface area contributed by atoms with Gasteiger partial charge in [-0.05, 0) is 44.6 Å². The standard InChI is InChI=1S/C34H63NO5/c1-3-5-7-9-11-12-13-14-15-17-19-25-29-34(39)40-31(26-22-18-16-10-8-6-4-2)27-23-20-21-24-28-32(36)35-30-33(37)38/h22,26,31H,3-21,23-25,27-30H2,1-2H3,(H,35,36)(H,37,38)/b26-22-. The summed E-state index contributed by atoms with van der Waals surface area (Å²) >= 11 is 0. The molecule has 0 radical (unpaired) electrons. The summed E-state index contributed by atoms with van der Waals surface area (Å²) in [5.74, 6) is -1.32. The molecule has 0 spiro atoms. The van der Waals surface area contributed by atoms with E-state index in [-0.39, 0.29) is 24.5 Å². The molecule has 0 aliphatic rings. The molecular weight excluding hydrogens is 502 g/mol. The molecule has 0 rings (SSSR count). The number of hydrogen-bond acceptors (Lipinski definition) is 4. The number of unbranched alkanes of at least 4 members (excludes halogenated alkanes) is 19. The van der Waals surface area contributed by atoms with Gasteiger partial charge in [-0.1, -0.05) is 129 Å². The van der Waals surface area contributed by atoms with Crippen molar-refractivity contribution in [3.63, 3.8) is 0 Å². The largest absolute Gasteiger partial charge is 0.480 e. The minimum absolute atomic E-state index is 0.0835. The molecule has 0 aliphatic carbocycles. The minimum Gasteiger partial charge on any atom is -0.480 e. The maximum absolute atomic E-state index is 12.5. The van der Waals surface area contributed by atoms with Gasteiger partial charge in [0.25, 0.3) is 0 Å². The van der Waals surface area contributed by atoms with Crippen LogP contribution in [0.2, 0.25) is 0 Å². The summed E-state index contributed by atoms with van der Waals surface area (Å²) in [7, 11) is 0. The topological polar surface area (TPSA) is 92.7 Å². The first-order valence-electron chi connectivity index (χ1n) is 16.8. The number of nitrogens with one attached hydrogen (secondary N) is 1. The number of carboxylic acids is 1. The van der Waals surface area contributed by atoms with Crippen LogP contribution in [0.3, 0.4) is 0 Å². The van der Waals surface area contributed by atoms with E-state index in [2.05, 4.69) is 31.3 Å². The van der Waals surface area contributed by atoms with E-state index >= 15 is 0 Å². The summed E-state index contributed by atoms with van der Waals surface area (Å²) in [5.41, 5.74) is 0. The Balaban J connectivity index is 4.14. The highest BCUT2D eigenvalue weighted by molar-refractivity contribution is 5.80. The Bertz CT molecular complexity index is 634.